The molecule has 3 rings (SSSR count). The molecule has 0 saturated carbocycles. The van der Waals surface area contributed by atoms with E-state index in [-0.39, 0.29) is 20.5 Å². The fourth-order valence-electron chi connectivity index (χ4n) is 3.18. The molecule has 0 aliphatic rings. The van der Waals surface area contributed by atoms with Crippen molar-refractivity contribution in [1.29, 1.82) is 0 Å². The molecule has 26 heavy (non-hydrogen) atoms. The van der Waals surface area contributed by atoms with Crippen LogP contribution in [0.2, 0.25) is 0 Å². The lowest BCUT2D eigenvalue weighted by Gasteiger charge is -2.34. The molecule has 1 atom stereocenters. The van der Waals surface area contributed by atoms with Crippen molar-refractivity contribution in [2.75, 3.05) is 6.61 Å². The first kappa shape index (κ1) is 18.6. The van der Waals surface area contributed by atoms with Crippen molar-refractivity contribution in [1.82, 2.24) is 0 Å². The second kappa shape index (κ2) is 8.93. The maximum atomic E-state index is 12.1. The molecule has 0 saturated heterocycles. The van der Waals surface area contributed by atoms with Crippen LogP contribution in [-0.2, 0) is 10.2 Å². The third-order valence-electron chi connectivity index (χ3n) is 4.39. The quantitative estimate of drug-likeness (QED) is 0.358. The molecule has 0 aliphatic heterocycles. The molecule has 130 valence electrons. The van der Waals surface area contributed by atoms with E-state index in [9.17, 15) is 4.79 Å². The summed E-state index contributed by atoms with van der Waals surface area (Å²) in [5.41, 5.74) is 2.49. The highest BCUT2D eigenvalue weighted by Crippen LogP contribution is 2.39. The molecule has 0 aromatic heterocycles. The molecule has 3 aromatic carbocycles. The Labute approximate surface area is 163 Å². The zero-order chi connectivity index (χ0) is 18.2. The van der Waals surface area contributed by atoms with Gasteiger partial charge in [0, 0.05) is 0 Å². The van der Waals surface area contributed by atoms with Crippen molar-refractivity contribution in [3.63, 3.8) is 0 Å². The van der Waals surface area contributed by atoms with E-state index in [2.05, 4.69) is 52.3 Å². The van der Waals surface area contributed by atoms with Crippen LogP contribution in [0, 0.1) is 0 Å². The van der Waals surface area contributed by atoms with Gasteiger partial charge in [0.15, 0.2) is 4.71 Å². The summed E-state index contributed by atoms with van der Waals surface area (Å²) in [4.78, 5) is 12.1. The molecule has 0 spiro atoms. The molecule has 0 heterocycles. The van der Waals surface area contributed by atoms with Gasteiger partial charge in [0.05, 0.1) is 5.41 Å². The Morgan fingerprint density at radius 3 is 1.54 bits per heavy atom. The number of benzene rings is 3. The zero-order valence-corrected chi connectivity index (χ0v) is 16.7. The van der Waals surface area contributed by atoms with E-state index in [0.29, 0.717) is 0 Å². The number of hydrogen-bond donors (Lipinski definition) is 0. The average molecular weight is 426 g/mol. The van der Waals surface area contributed by atoms with Crippen LogP contribution in [-0.4, -0.2) is 17.0 Å². The molecule has 3 aromatic rings. The van der Waals surface area contributed by atoms with E-state index < -0.39 is 5.41 Å². The number of ether oxygens (including phenoxy) is 1. The van der Waals surface area contributed by atoms with Crippen LogP contribution in [0.5, 0.6) is 0 Å². The van der Waals surface area contributed by atoms with Crippen LogP contribution >= 0.6 is 24.1 Å². The van der Waals surface area contributed by atoms with Gasteiger partial charge in [0.2, 0.25) is 8.20 Å². The molecular weight excluding hydrogens is 407 g/mol. The lowest BCUT2D eigenvalue weighted by atomic mass is 9.70. The van der Waals surface area contributed by atoms with Gasteiger partial charge in [-0.1, -0.05) is 91.0 Å². The van der Waals surface area contributed by atoms with Crippen LogP contribution in [0.25, 0.3) is 0 Å². The van der Waals surface area contributed by atoms with Crippen molar-refractivity contribution >= 4 is 34.6 Å². The summed E-state index contributed by atoms with van der Waals surface area (Å²) in [7, 11) is -0.0219. The van der Waals surface area contributed by atoms with Gasteiger partial charge in [-0.3, -0.25) is 0 Å². The van der Waals surface area contributed by atoms with Crippen molar-refractivity contribution in [3.8, 4) is 0 Å². The van der Waals surface area contributed by atoms with Gasteiger partial charge in [-0.2, -0.15) is 4.79 Å². The largest absolute Gasteiger partial charge is 0.508 e. The first-order chi connectivity index (χ1) is 12.8. The SMILES string of the molecule is O=C(OCC(c1ccccc1)(c1ccccc1)c1ccccc1)[PH+]=CBr. The summed E-state index contributed by atoms with van der Waals surface area (Å²) in [6.07, 6.45) is 0. The number of rotatable bonds is 6. The molecular formula is C22H19BrO2P+. The third kappa shape index (κ3) is 3.95. The smallest absolute Gasteiger partial charge is 0.429 e. The first-order valence-corrected chi connectivity index (χ1v) is 10.3. The summed E-state index contributed by atoms with van der Waals surface area (Å²) >= 11 is 3.19. The van der Waals surface area contributed by atoms with Crippen LogP contribution < -0.4 is 0 Å². The number of hydrogen-bond acceptors (Lipinski definition) is 2. The van der Waals surface area contributed by atoms with E-state index in [1.807, 2.05) is 54.6 Å². The molecule has 2 nitrogen and oxygen atoms in total. The average Bonchev–Trinajstić information content (AvgIpc) is 2.71. The monoisotopic (exact) mass is 425 g/mol. The van der Waals surface area contributed by atoms with E-state index in [0.717, 1.165) is 16.7 Å². The summed E-state index contributed by atoms with van der Waals surface area (Å²) in [5, 5.41) is 0. The minimum absolute atomic E-state index is 0.0219. The van der Waals surface area contributed by atoms with Crippen molar-refractivity contribution in [2.45, 2.75) is 5.41 Å². The topological polar surface area (TPSA) is 26.3 Å². The van der Waals surface area contributed by atoms with Gasteiger partial charge in [0.1, 0.15) is 6.61 Å². The lowest BCUT2D eigenvalue weighted by Crippen LogP contribution is -2.35. The summed E-state index contributed by atoms with van der Waals surface area (Å²) in [6, 6.07) is 30.7. The number of carbonyl (C=O) groups is 1. The van der Waals surface area contributed by atoms with Gasteiger partial charge in [-0.05, 0) is 32.6 Å². The first-order valence-electron chi connectivity index (χ1n) is 8.29. The Kier molecular flexibility index (Phi) is 6.38. The highest BCUT2D eigenvalue weighted by atomic mass is 79.9. The summed E-state index contributed by atoms with van der Waals surface area (Å²) in [6.45, 7) is 0.248. The molecule has 1 unspecified atom stereocenters. The van der Waals surface area contributed by atoms with Gasteiger partial charge in [0.25, 0.3) is 0 Å². The van der Waals surface area contributed by atoms with E-state index >= 15 is 0 Å². The fourth-order valence-corrected chi connectivity index (χ4v) is 3.98. The number of carbonyl (C=O) groups excluding carboxylic acids is 1. The van der Waals surface area contributed by atoms with Crippen LogP contribution in [0.1, 0.15) is 16.7 Å². The molecule has 0 amide bonds. The second-order valence-electron chi connectivity index (χ2n) is 5.83. The molecule has 0 radical (unpaired) electrons. The predicted octanol–water partition coefficient (Wildman–Crippen LogP) is 5.99. The van der Waals surface area contributed by atoms with Crippen LogP contribution in [0.3, 0.4) is 0 Å². The third-order valence-corrected chi connectivity index (χ3v) is 5.57. The Morgan fingerprint density at radius 1 is 0.808 bits per heavy atom. The van der Waals surface area contributed by atoms with Gasteiger partial charge < -0.3 is 4.74 Å². The van der Waals surface area contributed by atoms with Crippen molar-refractivity contribution in [3.05, 3.63) is 108 Å². The Hall–Kier alpha value is -2.22. The van der Waals surface area contributed by atoms with E-state index in [1.165, 1.54) is 0 Å². The van der Waals surface area contributed by atoms with Crippen LogP contribution in [0.4, 0.5) is 4.79 Å². The zero-order valence-electron chi connectivity index (χ0n) is 14.1. The van der Waals surface area contributed by atoms with Crippen LogP contribution in [0.15, 0.2) is 91.0 Å². The highest BCUT2D eigenvalue weighted by Gasteiger charge is 2.38. The Bertz CT molecular complexity index is 768. The minimum atomic E-state index is -0.559. The van der Waals surface area contributed by atoms with Crippen molar-refractivity contribution in [2.24, 2.45) is 0 Å². The molecule has 0 bridgehead atoms. The van der Waals surface area contributed by atoms with E-state index in [4.69, 9.17) is 4.74 Å². The molecule has 0 aliphatic carbocycles. The Morgan fingerprint density at radius 2 is 1.19 bits per heavy atom. The van der Waals surface area contributed by atoms with E-state index in [1.54, 1.807) is 4.71 Å². The molecule has 0 fully saturated rings. The molecule has 4 heteroatoms. The maximum Gasteiger partial charge on any atom is 0.508 e. The minimum Gasteiger partial charge on any atom is -0.429 e. The lowest BCUT2D eigenvalue weighted by molar-refractivity contribution is 0.158. The predicted molar refractivity (Wildman–Crippen MR) is 114 cm³/mol. The standard InChI is InChI=1S/C22H18BrO2P/c23-17-26-21(24)25-16-22(18-10-4-1-5-11-18,19-12-6-2-7-13-19)20-14-8-3-9-15-20/h1-15,17H,16H2/p+1. The normalized spacial score (nSPS) is 11.4. The maximum absolute atomic E-state index is 12.1. The second-order valence-corrected chi connectivity index (χ2v) is 8.12. The highest BCUT2D eigenvalue weighted by molar-refractivity contribution is 9.18. The molecule has 0 N–H and O–H groups in total. The fraction of sp³-hybridized carbons (Fsp3) is 0.0909. The number of halogens is 1. The van der Waals surface area contributed by atoms with Crippen molar-refractivity contribution < 1.29 is 9.53 Å². The Balaban J connectivity index is 2.19. The van der Waals surface area contributed by atoms with Gasteiger partial charge in [-0.15, -0.1) is 0 Å². The summed E-state index contributed by atoms with van der Waals surface area (Å²) < 4.78 is 7.38. The van der Waals surface area contributed by atoms with Gasteiger partial charge >= 0.3 is 5.71 Å². The summed E-state index contributed by atoms with van der Waals surface area (Å²) in [5.74, 6) is 0. The van der Waals surface area contributed by atoms with Gasteiger partial charge in [-0.25, -0.2) is 0 Å².